The van der Waals surface area contributed by atoms with Crippen LogP contribution in [0.15, 0.2) is 29.1 Å². The maximum Gasteiger partial charge on any atom is 0.312 e. The summed E-state index contributed by atoms with van der Waals surface area (Å²) in [5.74, 6) is -1.93. The van der Waals surface area contributed by atoms with Gasteiger partial charge in [-0.05, 0) is 19.4 Å². The minimum Gasteiger partial charge on any atom is -0.469 e. The lowest BCUT2D eigenvalue weighted by Crippen LogP contribution is -2.49. The molecule has 3 unspecified atom stereocenters. The van der Waals surface area contributed by atoms with Gasteiger partial charge >= 0.3 is 5.97 Å². The van der Waals surface area contributed by atoms with Crippen molar-refractivity contribution in [3.63, 3.8) is 0 Å². The summed E-state index contributed by atoms with van der Waals surface area (Å²) >= 11 is 0. The number of carbonyl (C=O) groups excluding carboxylic acids is 1. The highest BCUT2D eigenvalue weighted by molar-refractivity contribution is 5.77. The van der Waals surface area contributed by atoms with Gasteiger partial charge in [0.25, 0.3) is 5.56 Å². The zero-order valence-corrected chi connectivity index (χ0v) is 13.3. The molecular weight excluding hydrogens is 296 g/mol. The van der Waals surface area contributed by atoms with Crippen molar-refractivity contribution in [2.24, 2.45) is 5.92 Å². The van der Waals surface area contributed by atoms with Crippen LogP contribution in [0.1, 0.15) is 35.2 Å². The molecule has 0 saturated heterocycles. The predicted molar refractivity (Wildman–Crippen MR) is 84.3 cm³/mol. The number of rotatable bonds is 2. The summed E-state index contributed by atoms with van der Waals surface area (Å²) < 4.78 is 4.91. The van der Waals surface area contributed by atoms with Crippen LogP contribution in [-0.4, -0.2) is 34.0 Å². The number of nitrogens with one attached hydrogen (secondary N) is 2. The molecule has 3 rings (SSSR count). The summed E-state index contributed by atoms with van der Waals surface area (Å²) in [4.78, 5) is 24.6. The van der Waals surface area contributed by atoms with Crippen molar-refractivity contribution in [3.05, 3.63) is 57.0 Å². The Kier molecular flexibility index (Phi) is 3.64. The normalized spacial score (nSPS) is 26.6. The van der Waals surface area contributed by atoms with E-state index in [0.717, 1.165) is 11.1 Å². The molecule has 0 fully saturated rings. The Bertz CT molecular complexity index is 786. The topological polar surface area (TPSA) is 95.2 Å². The Morgan fingerprint density at radius 2 is 1.96 bits per heavy atom. The third-order valence-corrected chi connectivity index (χ3v) is 4.64. The van der Waals surface area contributed by atoms with Crippen LogP contribution in [-0.2, 0) is 16.0 Å². The molecule has 3 atom stereocenters. The summed E-state index contributed by atoms with van der Waals surface area (Å²) in [6, 6.07) is 7.61. The number of aromatic amines is 2. The third-order valence-electron chi connectivity index (χ3n) is 4.64. The first-order chi connectivity index (χ1) is 10.8. The number of H-pyrrole nitrogens is 2. The number of carbonyl (C=O) groups is 1. The van der Waals surface area contributed by atoms with Gasteiger partial charge in [0.2, 0.25) is 0 Å². The van der Waals surface area contributed by atoms with Gasteiger partial charge in [-0.1, -0.05) is 29.8 Å². The van der Waals surface area contributed by atoms with Crippen molar-refractivity contribution in [2.75, 3.05) is 7.11 Å². The molecule has 1 aromatic heterocycles. The van der Waals surface area contributed by atoms with E-state index in [1.165, 1.54) is 7.11 Å². The summed E-state index contributed by atoms with van der Waals surface area (Å²) in [6.07, 6.45) is 0.184. The molecule has 0 saturated carbocycles. The molecule has 0 spiro atoms. The number of methoxy groups -OCH3 is 1. The molecule has 0 radical (unpaired) electrons. The van der Waals surface area contributed by atoms with Gasteiger partial charge in [-0.3, -0.25) is 14.7 Å². The summed E-state index contributed by atoms with van der Waals surface area (Å²) in [5, 5.41) is 16.2. The molecule has 1 aliphatic carbocycles. The molecule has 1 aromatic carbocycles. The molecule has 0 bridgehead atoms. The van der Waals surface area contributed by atoms with Gasteiger partial charge in [0.05, 0.1) is 18.6 Å². The van der Waals surface area contributed by atoms with Crippen molar-refractivity contribution >= 4 is 5.97 Å². The average molecular weight is 316 g/mol. The minimum atomic E-state index is -1.32. The largest absolute Gasteiger partial charge is 0.469 e. The van der Waals surface area contributed by atoms with Gasteiger partial charge in [0, 0.05) is 23.6 Å². The highest BCUT2D eigenvalue weighted by Crippen LogP contribution is 2.44. The van der Waals surface area contributed by atoms with E-state index in [1.54, 1.807) is 6.92 Å². The van der Waals surface area contributed by atoms with Gasteiger partial charge in [0.1, 0.15) is 0 Å². The molecular formula is C17H20N2O4. The van der Waals surface area contributed by atoms with Crippen LogP contribution in [0.5, 0.6) is 0 Å². The van der Waals surface area contributed by atoms with Gasteiger partial charge in [-0.2, -0.15) is 0 Å². The second-order valence-electron chi connectivity index (χ2n) is 6.39. The summed E-state index contributed by atoms with van der Waals surface area (Å²) in [7, 11) is 1.29. The van der Waals surface area contributed by atoms with E-state index in [1.807, 2.05) is 31.2 Å². The molecule has 2 aromatic rings. The van der Waals surface area contributed by atoms with Gasteiger partial charge in [-0.25, -0.2) is 0 Å². The molecule has 6 nitrogen and oxygen atoms in total. The first kappa shape index (κ1) is 15.6. The van der Waals surface area contributed by atoms with E-state index in [2.05, 4.69) is 10.2 Å². The quantitative estimate of drug-likeness (QED) is 0.726. The number of aromatic nitrogens is 2. The number of hydrogen-bond donors (Lipinski definition) is 3. The van der Waals surface area contributed by atoms with Crippen molar-refractivity contribution in [3.8, 4) is 0 Å². The molecule has 1 heterocycles. The zero-order chi connectivity index (χ0) is 16.8. The van der Waals surface area contributed by atoms with E-state index in [4.69, 9.17) is 4.74 Å². The number of ether oxygens (including phenoxy) is 1. The Hall–Kier alpha value is -2.34. The number of esters is 1. The van der Waals surface area contributed by atoms with Gasteiger partial charge in [-0.15, -0.1) is 0 Å². The molecule has 122 valence electrons. The fourth-order valence-corrected chi connectivity index (χ4v) is 3.52. The van der Waals surface area contributed by atoms with Crippen LogP contribution in [0.2, 0.25) is 0 Å². The lowest BCUT2D eigenvalue weighted by atomic mass is 9.66. The fourth-order valence-electron chi connectivity index (χ4n) is 3.52. The van der Waals surface area contributed by atoms with Crippen LogP contribution in [0, 0.1) is 12.8 Å². The van der Waals surface area contributed by atoms with Crippen LogP contribution in [0.25, 0.3) is 0 Å². The second kappa shape index (κ2) is 5.38. The van der Waals surface area contributed by atoms with E-state index in [0.29, 0.717) is 11.3 Å². The number of aryl methyl sites for hydroxylation is 1. The number of aliphatic hydroxyl groups is 1. The number of hydrogen-bond acceptors (Lipinski definition) is 4. The van der Waals surface area contributed by atoms with Crippen molar-refractivity contribution < 1.29 is 14.6 Å². The van der Waals surface area contributed by atoms with Crippen LogP contribution < -0.4 is 5.56 Å². The fraction of sp³-hybridized carbons (Fsp3) is 0.412. The Morgan fingerprint density at radius 3 is 2.57 bits per heavy atom. The second-order valence-corrected chi connectivity index (χ2v) is 6.39. The van der Waals surface area contributed by atoms with Crippen LogP contribution in [0.3, 0.4) is 0 Å². The van der Waals surface area contributed by atoms with Crippen molar-refractivity contribution in [1.29, 1.82) is 0 Å². The van der Waals surface area contributed by atoms with E-state index in [9.17, 15) is 14.7 Å². The first-order valence-electron chi connectivity index (χ1n) is 7.51. The molecule has 3 N–H and O–H groups in total. The highest BCUT2D eigenvalue weighted by atomic mass is 16.5. The molecule has 0 amide bonds. The predicted octanol–water partition coefficient (Wildman–Crippen LogP) is 1.24. The zero-order valence-electron chi connectivity index (χ0n) is 13.3. The maximum atomic E-state index is 12.4. The molecule has 23 heavy (non-hydrogen) atoms. The first-order valence-corrected chi connectivity index (χ1v) is 7.51. The molecule has 1 aliphatic rings. The number of benzene rings is 1. The average Bonchev–Trinajstić information content (AvgIpc) is 2.85. The van der Waals surface area contributed by atoms with E-state index >= 15 is 0 Å². The smallest absolute Gasteiger partial charge is 0.312 e. The Labute approximate surface area is 133 Å². The Morgan fingerprint density at radius 1 is 1.30 bits per heavy atom. The summed E-state index contributed by atoms with van der Waals surface area (Å²) in [5.41, 5.74) is 1.42. The highest BCUT2D eigenvalue weighted by Gasteiger charge is 2.50. The number of fused-ring (bicyclic) bond motifs is 1. The van der Waals surface area contributed by atoms with Crippen LogP contribution >= 0.6 is 0 Å². The molecule has 0 aliphatic heterocycles. The van der Waals surface area contributed by atoms with E-state index < -0.39 is 23.4 Å². The lowest BCUT2D eigenvalue weighted by molar-refractivity contribution is -0.156. The molecule has 6 heteroatoms. The van der Waals surface area contributed by atoms with Crippen LogP contribution in [0.4, 0.5) is 0 Å². The van der Waals surface area contributed by atoms with Crippen molar-refractivity contribution in [2.45, 2.75) is 31.8 Å². The monoisotopic (exact) mass is 316 g/mol. The lowest BCUT2D eigenvalue weighted by Gasteiger charge is -2.40. The van der Waals surface area contributed by atoms with Gasteiger partial charge < -0.3 is 14.9 Å². The summed E-state index contributed by atoms with van der Waals surface area (Å²) in [6.45, 7) is 3.57. The SMILES string of the molecule is COC(=O)C1C(c2ccc(C)cc2)c2c([nH][nH]c2=O)CC1(C)O. The van der Waals surface area contributed by atoms with Gasteiger partial charge in [0.15, 0.2) is 0 Å². The van der Waals surface area contributed by atoms with E-state index in [-0.39, 0.29) is 12.0 Å². The standard InChI is InChI=1S/C17H20N2O4/c1-9-4-6-10(7-5-9)12-13-11(18-19-15(13)20)8-17(2,22)14(12)16(21)23-3/h4-7,12,14,22H,8H2,1-3H3,(H2,18,19,20). The Balaban J connectivity index is 2.24. The maximum absolute atomic E-state index is 12.4. The van der Waals surface area contributed by atoms with Crippen molar-refractivity contribution in [1.82, 2.24) is 10.2 Å². The third kappa shape index (κ3) is 2.49. The minimum absolute atomic E-state index is 0.184.